The fraction of sp³-hybridized carbons (Fsp3) is 0.200. The number of hydrogen-bond donors (Lipinski definition) is 1. The van der Waals surface area contributed by atoms with Crippen LogP contribution in [0.5, 0.6) is 5.75 Å². The molecule has 1 rings (SSSR count). The van der Waals surface area contributed by atoms with Gasteiger partial charge in [-0.15, -0.1) is 0 Å². The lowest BCUT2D eigenvalue weighted by Gasteiger charge is -2.01. The Bertz CT molecular complexity index is 390. The molecule has 0 saturated heterocycles. The molecule has 0 fully saturated rings. The maximum atomic E-state index is 11.1. The number of rotatable bonds is 3. The zero-order chi connectivity index (χ0) is 12.0. The molecule has 0 atom stereocenters. The van der Waals surface area contributed by atoms with Crippen LogP contribution in [0.1, 0.15) is 6.92 Å². The van der Waals surface area contributed by atoms with E-state index < -0.39 is 6.16 Å². The lowest BCUT2D eigenvalue weighted by Crippen LogP contribution is -2.13. The average Bonchev–Trinajstić information content (AvgIpc) is 2.29. The maximum absolute atomic E-state index is 11.1. The molecule has 0 heterocycles. The number of nitrogens with two attached hydrogens (primary N) is 1. The summed E-state index contributed by atoms with van der Waals surface area (Å²) < 4.78 is 4.80. The molecule has 0 spiro atoms. The summed E-state index contributed by atoms with van der Waals surface area (Å²) in [4.78, 5) is 15.5. The zero-order valence-corrected chi connectivity index (χ0v) is 9.40. The van der Waals surface area contributed by atoms with Crippen molar-refractivity contribution in [2.45, 2.75) is 6.92 Å². The second kappa shape index (κ2) is 6.09. The summed E-state index contributed by atoms with van der Waals surface area (Å²) in [5.41, 5.74) is 5.74. The van der Waals surface area contributed by atoms with Crippen molar-refractivity contribution in [3.8, 4) is 5.75 Å². The summed E-state index contributed by atoms with van der Waals surface area (Å²) in [6, 6.07) is 6.28. The van der Waals surface area contributed by atoms with E-state index in [-0.39, 0.29) is 6.54 Å². The Kier molecular flexibility index (Phi) is 4.75. The van der Waals surface area contributed by atoms with E-state index in [0.717, 1.165) is 0 Å². The van der Waals surface area contributed by atoms with Crippen molar-refractivity contribution < 1.29 is 14.4 Å². The van der Waals surface area contributed by atoms with Crippen molar-refractivity contribution in [1.82, 2.24) is 0 Å². The van der Waals surface area contributed by atoms with E-state index in [4.69, 9.17) is 22.1 Å². The number of nitrogens with zero attached hydrogens (tertiary/aromatic N) is 1. The van der Waals surface area contributed by atoms with Crippen LogP contribution in [0, 0.1) is 0 Å². The topological polar surface area (TPSA) is 73.9 Å². The average molecular weight is 243 g/mol. The van der Waals surface area contributed by atoms with Gasteiger partial charge >= 0.3 is 6.16 Å². The summed E-state index contributed by atoms with van der Waals surface area (Å²) in [6.45, 7) is 1.85. The van der Waals surface area contributed by atoms with Crippen molar-refractivity contribution in [3.63, 3.8) is 0 Å². The van der Waals surface area contributed by atoms with Crippen LogP contribution < -0.4 is 10.5 Å². The highest BCUT2D eigenvalue weighted by molar-refractivity contribution is 6.30. The smallest absolute Gasteiger partial charge is 0.393 e. The summed E-state index contributed by atoms with van der Waals surface area (Å²) in [5.74, 6) is 0.329. The molecule has 2 N–H and O–H groups in total. The van der Waals surface area contributed by atoms with Crippen molar-refractivity contribution in [3.05, 3.63) is 29.3 Å². The molecule has 16 heavy (non-hydrogen) atoms. The lowest BCUT2D eigenvalue weighted by molar-refractivity contribution is 0.102. The van der Waals surface area contributed by atoms with Gasteiger partial charge in [-0.3, -0.25) is 4.84 Å². The van der Waals surface area contributed by atoms with Crippen LogP contribution in [-0.2, 0) is 4.84 Å². The molecule has 0 saturated carbocycles. The van der Waals surface area contributed by atoms with Gasteiger partial charge in [0.15, 0.2) is 0 Å². The molecule has 0 aliphatic carbocycles. The van der Waals surface area contributed by atoms with Gasteiger partial charge in [0, 0.05) is 11.6 Å². The number of carbonyl (C=O) groups is 1. The van der Waals surface area contributed by atoms with Gasteiger partial charge < -0.3 is 10.5 Å². The second-order valence-corrected chi connectivity index (χ2v) is 3.36. The molecule has 0 aliphatic rings. The zero-order valence-electron chi connectivity index (χ0n) is 8.64. The summed E-state index contributed by atoms with van der Waals surface area (Å²) >= 11 is 5.66. The molecule has 0 aromatic heterocycles. The monoisotopic (exact) mass is 242 g/mol. The third-order valence-corrected chi connectivity index (χ3v) is 1.84. The molecule has 6 heteroatoms. The molecule has 0 radical (unpaired) electrons. The van der Waals surface area contributed by atoms with E-state index in [1.807, 2.05) is 0 Å². The van der Waals surface area contributed by atoms with E-state index in [0.29, 0.717) is 16.5 Å². The normalized spacial score (nSPS) is 11.1. The Labute approximate surface area is 97.8 Å². The number of ether oxygens (including phenoxy) is 1. The van der Waals surface area contributed by atoms with Gasteiger partial charge in [-0.05, 0) is 31.2 Å². The minimum atomic E-state index is -0.921. The first-order chi connectivity index (χ1) is 7.61. The Morgan fingerprint density at radius 1 is 1.44 bits per heavy atom. The molecular weight excluding hydrogens is 232 g/mol. The van der Waals surface area contributed by atoms with E-state index in [1.165, 1.54) is 0 Å². The molecule has 1 aromatic carbocycles. The van der Waals surface area contributed by atoms with Crippen molar-refractivity contribution in [1.29, 1.82) is 0 Å². The minimum absolute atomic E-state index is 0.216. The largest absolute Gasteiger partial charge is 0.540 e. The molecule has 0 aliphatic heterocycles. The maximum Gasteiger partial charge on any atom is 0.540 e. The van der Waals surface area contributed by atoms with Gasteiger partial charge in [-0.25, -0.2) is 4.79 Å². The third kappa shape index (κ3) is 4.29. The van der Waals surface area contributed by atoms with Gasteiger partial charge in [0.1, 0.15) is 5.75 Å². The molecule has 1 aromatic rings. The number of benzene rings is 1. The van der Waals surface area contributed by atoms with Gasteiger partial charge in [0.25, 0.3) is 0 Å². The Morgan fingerprint density at radius 2 is 2.06 bits per heavy atom. The minimum Gasteiger partial charge on any atom is -0.393 e. The molecule has 86 valence electrons. The van der Waals surface area contributed by atoms with Gasteiger partial charge in [-0.1, -0.05) is 16.8 Å². The second-order valence-electron chi connectivity index (χ2n) is 2.93. The highest BCUT2D eigenvalue weighted by atomic mass is 35.5. The predicted molar refractivity (Wildman–Crippen MR) is 60.7 cm³/mol. The van der Waals surface area contributed by atoms with E-state index >= 15 is 0 Å². The van der Waals surface area contributed by atoms with Gasteiger partial charge in [0.05, 0.1) is 5.71 Å². The number of hydrogen-bond acceptors (Lipinski definition) is 5. The first kappa shape index (κ1) is 12.5. The fourth-order valence-electron chi connectivity index (χ4n) is 0.770. The summed E-state index contributed by atoms with van der Waals surface area (Å²) in [5, 5.41) is 4.00. The van der Waals surface area contributed by atoms with Crippen LogP contribution in [0.25, 0.3) is 0 Å². The van der Waals surface area contributed by atoms with Crippen LogP contribution in [0.3, 0.4) is 0 Å². The molecule has 0 bridgehead atoms. The molecule has 0 unspecified atom stereocenters. The van der Waals surface area contributed by atoms with Gasteiger partial charge in [-0.2, -0.15) is 0 Å². The van der Waals surface area contributed by atoms with Crippen LogP contribution >= 0.6 is 11.6 Å². The third-order valence-electron chi connectivity index (χ3n) is 1.59. The molecule has 0 amide bonds. The number of carbonyl (C=O) groups excluding carboxylic acids is 1. The Morgan fingerprint density at radius 3 is 2.62 bits per heavy atom. The van der Waals surface area contributed by atoms with Crippen LogP contribution in [0.2, 0.25) is 5.02 Å². The van der Waals surface area contributed by atoms with Crippen molar-refractivity contribution in [2.24, 2.45) is 10.9 Å². The first-order valence-corrected chi connectivity index (χ1v) is 4.87. The Balaban J connectivity index is 2.49. The standard InChI is InChI=1S/C10H11ClN2O3/c1-7(6-12)13-16-10(14)15-9-4-2-8(11)3-5-9/h2-5H,6,12H2,1H3. The van der Waals surface area contributed by atoms with Crippen LogP contribution in [0.4, 0.5) is 4.79 Å². The highest BCUT2D eigenvalue weighted by Crippen LogP contribution is 2.15. The SMILES string of the molecule is CC(CN)=NOC(=O)Oc1ccc(Cl)cc1. The van der Waals surface area contributed by atoms with E-state index in [2.05, 4.69) is 9.99 Å². The highest BCUT2D eigenvalue weighted by Gasteiger charge is 2.05. The number of halogens is 1. The van der Waals surface area contributed by atoms with Crippen molar-refractivity contribution >= 4 is 23.5 Å². The van der Waals surface area contributed by atoms with Gasteiger partial charge in [0.2, 0.25) is 0 Å². The molecular formula is C10H11ClN2O3. The fourth-order valence-corrected chi connectivity index (χ4v) is 0.896. The number of oxime groups is 1. The Hall–Kier alpha value is -1.59. The van der Waals surface area contributed by atoms with E-state index in [9.17, 15) is 4.79 Å². The molecule has 5 nitrogen and oxygen atoms in total. The van der Waals surface area contributed by atoms with Crippen LogP contribution in [-0.4, -0.2) is 18.4 Å². The predicted octanol–water partition coefficient (Wildman–Crippen LogP) is 2.19. The summed E-state index contributed by atoms with van der Waals surface area (Å²) in [7, 11) is 0. The quantitative estimate of drug-likeness (QED) is 0.290. The van der Waals surface area contributed by atoms with Crippen molar-refractivity contribution in [2.75, 3.05) is 6.54 Å². The lowest BCUT2D eigenvalue weighted by atomic mass is 10.3. The van der Waals surface area contributed by atoms with Crippen LogP contribution in [0.15, 0.2) is 29.4 Å². The van der Waals surface area contributed by atoms with E-state index in [1.54, 1.807) is 31.2 Å². The first-order valence-electron chi connectivity index (χ1n) is 4.49. The summed E-state index contributed by atoms with van der Waals surface area (Å²) in [6.07, 6.45) is -0.921.